The fraction of sp³-hybridized carbons (Fsp3) is 0. The van der Waals surface area contributed by atoms with Crippen LogP contribution in [0, 0.1) is 0 Å². The number of rotatable bonds is 4. The van der Waals surface area contributed by atoms with Crippen LogP contribution < -0.4 is 5.32 Å². The van der Waals surface area contributed by atoms with E-state index in [4.69, 9.17) is 5.10 Å². The number of aromatic hydroxyl groups is 1. The van der Waals surface area contributed by atoms with Crippen molar-refractivity contribution < 1.29 is 9.90 Å². The zero-order valence-corrected chi connectivity index (χ0v) is 17.7. The van der Waals surface area contributed by atoms with Gasteiger partial charge >= 0.3 is 0 Å². The van der Waals surface area contributed by atoms with Crippen LogP contribution in [0.3, 0.4) is 0 Å². The van der Waals surface area contributed by atoms with E-state index in [0.29, 0.717) is 16.4 Å². The third-order valence-electron chi connectivity index (χ3n) is 4.82. The van der Waals surface area contributed by atoms with E-state index in [-0.39, 0.29) is 11.0 Å². The first kappa shape index (κ1) is 19.8. The summed E-state index contributed by atoms with van der Waals surface area (Å²) in [6.45, 7) is 0. The van der Waals surface area contributed by atoms with E-state index < -0.39 is 0 Å². The summed E-state index contributed by atoms with van der Waals surface area (Å²) in [5.74, 6) is 0.557. The molecule has 156 valence electrons. The molecule has 5 rings (SSSR count). The van der Waals surface area contributed by atoms with Gasteiger partial charge in [0.25, 0.3) is 5.24 Å². The molecular formula is C25H18N4O2S. The Balaban J connectivity index is 1.61. The second-order valence-corrected chi connectivity index (χ2v) is 8.10. The molecule has 3 aromatic carbocycles. The first-order chi connectivity index (χ1) is 15.7. The highest BCUT2D eigenvalue weighted by atomic mass is 32.2. The zero-order valence-electron chi connectivity index (χ0n) is 16.8. The minimum Gasteiger partial charge on any atom is -0.508 e. The Kier molecular flexibility index (Phi) is 5.31. The van der Waals surface area contributed by atoms with Gasteiger partial charge in [-0.2, -0.15) is 5.10 Å². The van der Waals surface area contributed by atoms with Crippen molar-refractivity contribution in [1.29, 1.82) is 0 Å². The number of benzene rings is 3. The number of hydrogen-bond acceptors (Lipinski definition) is 5. The van der Waals surface area contributed by atoms with Crippen molar-refractivity contribution in [3.63, 3.8) is 0 Å². The second kappa shape index (κ2) is 8.56. The lowest BCUT2D eigenvalue weighted by Gasteiger charge is -2.01. The predicted molar refractivity (Wildman–Crippen MR) is 128 cm³/mol. The molecule has 1 saturated heterocycles. The molecule has 1 aliphatic rings. The van der Waals surface area contributed by atoms with Crippen LogP contribution in [0.25, 0.3) is 23.0 Å². The number of para-hydroxylation sites is 1. The molecule has 0 radical (unpaired) electrons. The molecule has 0 atom stereocenters. The molecule has 6 nitrogen and oxygen atoms in total. The third-order valence-corrected chi connectivity index (χ3v) is 5.64. The lowest BCUT2D eigenvalue weighted by Crippen LogP contribution is -2.18. The first-order valence-corrected chi connectivity index (χ1v) is 10.8. The summed E-state index contributed by atoms with van der Waals surface area (Å²) in [5.41, 5.74) is 4.14. The summed E-state index contributed by atoms with van der Waals surface area (Å²) in [5, 5.41) is 17.1. The summed E-state index contributed by atoms with van der Waals surface area (Å²) in [4.78, 5) is 17.4. The molecule has 7 heteroatoms. The highest BCUT2D eigenvalue weighted by Gasteiger charge is 2.25. The smallest absolute Gasteiger partial charge is 0.289 e. The number of aliphatic imine (C=N–C) groups is 1. The van der Waals surface area contributed by atoms with Crippen LogP contribution in [-0.4, -0.2) is 26.0 Å². The van der Waals surface area contributed by atoms with Gasteiger partial charge < -0.3 is 10.4 Å². The second-order valence-electron chi connectivity index (χ2n) is 7.08. The van der Waals surface area contributed by atoms with Crippen molar-refractivity contribution in [1.82, 2.24) is 15.1 Å². The van der Waals surface area contributed by atoms with Gasteiger partial charge in [-0.25, -0.2) is 9.67 Å². The molecular weight excluding hydrogens is 420 g/mol. The first-order valence-electron chi connectivity index (χ1n) is 9.95. The van der Waals surface area contributed by atoms with Gasteiger partial charge in [-0.3, -0.25) is 4.79 Å². The highest BCUT2D eigenvalue weighted by molar-refractivity contribution is 8.18. The monoisotopic (exact) mass is 438 g/mol. The van der Waals surface area contributed by atoms with Crippen LogP contribution in [0.5, 0.6) is 5.75 Å². The predicted octanol–water partition coefficient (Wildman–Crippen LogP) is 5.77. The molecule has 32 heavy (non-hydrogen) atoms. The normalized spacial score (nSPS) is 15.9. The molecule has 1 amide bonds. The van der Waals surface area contributed by atoms with Crippen LogP contribution in [0.2, 0.25) is 0 Å². The van der Waals surface area contributed by atoms with Crippen LogP contribution in [0.1, 0.15) is 5.56 Å². The maximum Gasteiger partial charge on any atom is 0.289 e. The SMILES string of the molecule is O=C1NC(=Nc2cccc(O)c2)C(=Cc2cn(-c3ccccc3)nc2-c2ccccc2)S1. The molecule has 0 aliphatic carbocycles. The van der Waals surface area contributed by atoms with E-state index in [0.717, 1.165) is 34.3 Å². The number of amidine groups is 1. The molecule has 0 unspecified atom stereocenters. The Morgan fingerprint density at radius 2 is 1.72 bits per heavy atom. The van der Waals surface area contributed by atoms with Gasteiger partial charge in [0.1, 0.15) is 11.6 Å². The van der Waals surface area contributed by atoms with E-state index in [1.165, 1.54) is 0 Å². The van der Waals surface area contributed by atoms with Gasteiger partial charge in [0, 0.05) is 23.4 Å². The number of hydrogen-bond donors (Lipinski definition) is 2. The van der Waals surface area contributed by atoms with E-state index in [2.05, 4.69) is 10.3 Å². The van der Waals surface area contributed by atoms with Gasteiger partial charge in [0.05, 0.1) is 22.0 Å². The number of carbonyl (C=O) groups is 1. The van der Waals surface area contributed by atoms with Crippen molar-refractivity contribution in [2.24, 2.45) is 4.99 Å². The summed E-state index contributed by atoms with van der Waals surface area (Å²) in [6.07, 6.45) is 3.86. The molecule has 1 aromatic heterocycles. The Labute approximate surface area is 188 Å². The quantitative estimate of drug-likeness (QED) is 0.424. The Morgan fingerprint density at radius 1 is 0.969 bits per heavy atom. The Bertz CT molecular complexity index is 1340. The fourth-order valence-electron chi connectivity index (χ4n) is 3.37. The van der Waals surface area contributed by atoms with Crippen molar-refractivity contribution in [3.05, 3.63) is 102 Å². The number of phenols is 1. The molecule has 1 aliphatic heterocycles. The lowest BCUT2D eigenvalue weighted by atomic mass is 10.1. The molecule has 0 spiro atoms. The molecule has 0 saturated carbocycles. The summed E-state index contributed by atoms with van der Waals surface area (Å²) in [7, 11) is 0. The summed E-state index contributed by atoms with van der Waals surface area (Å²) < 4.78 is 1.83. The van der Waals surface area contributed by atoms with Crippen molar-refractivity contribution in [2.45, 2.75) is 0 Å². The van der Waals surface area contributed by atoms with E-state index in [1.807, 2.05) is 77.6 Å². The number of nitrogens with zero attached hydrogens (tertiary/aromatic N) is 3. The minimum absolute atomic E-state index is 0.116. The highest BCUT2D eigenvalue weighted by Crippen LogP contribution is 2.32. The maximum atomic E-state index is 12.2. The molecule has 0 bridgehead atoms. The Morgan fingerprint density at radius 3 is 2.47 bits per heavy atom. The molecule has 1 fully saturated rings. The average Bonchev–Trinajstić information content (AvgIpc) is 3.38. The van der Waals surface area contributed by atoms with E-state index in [9.17, 15) is 9.90 Å². The maximum absolute atomic E-state index is 12.2. The van der Waals surface area contributed by atoms with Gasteiger partial charge in [0.15, 0.2) is 0 Å². The van der Waals surface area contributed by atoms with Crippen LogP contribution >= 0.6 is 11.8 Å². The number of nitrogens with one attached hydrogen (secondary N) is 1. The largest absolute Gasteiger partial charge is 0.508 e. The molecule has 2 N–H and O–H groups in total. The number of carbonyl (C=O) groups excluding carboxylic acids is 1. The van der Waals surface area contributed by atoms with Crippen LogP contribution in [0.15, 0.2) is 101 Å². The molecule has 2 heterocycles. The lowest BCUT2D eigenvalue weighted by molar-refractivity contribution is 0.265. The summed E-state index contributed by atoms with van der Waals surface area (Å²) >= 11 is 1.08. The Hall–Kier alpha value is -4.10. The number of amides is 1. The number of thioether (sulfide) groups is 1. The van der Waals surface area contributed by atoms with Gasteiger partial charge in [0.2, 0.25) is 0 Å². The number of phenolic OH excluding ortho intramolecular Hbond substituents is 1. The van der Waals surface area contributed by atoms with Gasteiger partial charge in [-0.1, -0.05) is 54.6 Å². The standard InChI is InChI=1S/C25H18N4O2S/c30-21-13-7-10-19(15-21)26-24-22(32-25(31)27-24)14-18-16-29(20-11-5-2-6-12-20)28-23(18)17-8-3-1-4-9-17/h1-16,30H,(H,26,27,31). The van der Waals surface area contributed by atoms with E-state index >= 15 is 0 Å². The van der Waals surface area contributed by atoms with Crippen LogP contribution in [-0.2, 0) is 0 Å². The van der Waals surface area contributed by atoms with Crippen molar-refractivity contribution >= 4 is 34.6 Å². The topological polar surface area (TPSA) is 79.5 Å². The summed E-state index contributed by atoms with van der Waals surface area (Å²) in [6, 6.07) is 26.4. The van der Waals surface area contributed by atoms with Crippen LogP contribution in [0.4, 0.5) is 10.5 Å². The van der Waals surface area contributed by atoms with Gasteiger partial charge in [-0.15, -0.1) is 0 Å². The third kappa shape index (κ3) is 4.19. The van der Waals surface area contributed by atoms with Crippen molar-refractivity contribution in [3.8, 4) is 22.7 Å². The minimum atomic E-state index is -0.202. The zero-order chi connectivity index (χ0) is 21.9. The molecule has 4 aromatic rings. The van der Waals surface area contributed by atoms with E-state index in [1.54, 1.807) is 24.3 Å². The van der Waals surface area contributed by atoms with Crippen molar-refractivity contribution in [2.75, 3.05) is 0 Å². The van der Waals surface area contributed by atoms with Gasteiger partial charge in [-0.05, 0) is 42.1 Å². The average molecular weight is 439 g/mol. The number of aromatic nitrogens is 2. The fourth-order valence-corrected chi connectivity index (χ4v) is 4.10.